The Labute approximate surface area is 89.1 Å². The van der Waals surface area contributed by atoms with E-state index in [2.05, 4.69) is 0 Å². The smallest absolute Gasteiger partial charge is 0.168 e. The van der Waals surface area contributed by atoms with Crippen LogP contribution in [0.5, 0.6) is 0 Å². The zero-order valence-corrected chi connectivity index (χ0v) is 9.00. The fraction of sp³-hybridized carbons (Fsp3) is 0.417. The minimum absolute atomic E-state index is 0.162. The molecule has 0 aliphatic carbocycles. The molecule has 1 aromatic carbocycles. The highest BCUT2D eigenvalue weighted by atomic mass is 19.1. The number of ketones is 1. The number of carbonyl (C=O) groups is 1. The predicted octanol–water partition coefficient (Wildman–Crippen LogP) is 2.68. The third kappa shape index (κ3) is 3.13. The van der Waals surface area contributed by atoms with Crippen LogP contribution in [-0.2, 0) is 4.74 Å². The summed E-state index contributed by atoms with van der Waals surface area (Å²) >= 11 is 0. The van der Waals surface area contributed by atoms with Gasteiger partial charge in [0.05, 0.1) is 5.56 Å². The van der Waals surface area contributed by atoms with Gasteiger partial charge in [-0.1, -0.05) is 19.1 Å². The third-order valence-electron chi connectivity index (χ3n) is 2.34. The van der Waals surface area contributed by atoms with E-state index in [0.29, 0.717) is 13.0 Å². The topological polar surface area (TPSA) is 26.3 Å². The second kappa shape index (κ2) is 5.61. The molecule has 0 N–H and O–H groups in total. The molecule has 0 aliphatic heterocycles. The Hall–Kier alpha value is -1.22. The van der Waals surface area contributed by atoms with Crippen molar-refractivity contribution in [3.63, 3.8) is 0 Å². The van der Waals surface area contributed by atoms with Gasteiger partial charge in [-0.25, -0.2) is 4.39 Å². The Morgan fingerprint density at radius 2 is 2.13 bits per heavy atom. The van der Waals surface area contributed by atoms with Gasteiger partial charge in [0.1, 0.15) is 5.82 Å². The molecule has 0 aliphatic rings. The second-order valence-corrected chi connectivity index (χ2v) is 3.53. The van der Waals surface area contributed by atoms with Crippen molar-refractivity contribution in [2.24, 2.45) is 5.92 Å². The molecule has 0 saturated heterocycles. The molecule has 3 heteroatoms. The van der Waals surface area contributed by atoms with Crippen LogP contribution in [-0.4, -0.2) is 19.5 Å². The van der Waals surface area contributed by atoms with Crippen LogP contribution in [0.25, 0.3) is 0 Å². The zero-order valence-electron chi connectivity index (χ0n) is 9.00. The highest BCUT2D eigenvalue weighted by Gasteiger charge is 2.17. The van der Waals surface area contributed by atoms with Crippen molar-refractivity contribution in [3.8, 4) is 0 Å². The predicted molar refractivity (Wildman–Crippen MR) is 56.4 cm³/mol. The average molecular weight is 210 g/mol. The van der Waals surface area contributed by atoms with Gasteiger partial charge in [0.2, 0.25) is 0 Å². The number of Topliss-reactive ketones (excluding diaryl/α,β-unsaturated/α-hetero) is 1. The number of hydrogen-bond acceptors (Lipinski definition) is 2. The SMILES string of the molecule is COCCC(C)C(=O)c1ccccc1F. The van der Waals surface area contributed by atoms with Gasteiger partial charge in [0.25, 0.3) is 0 Å². The summed E-state index contributed by atoms with van der Waals surface area (Å²) in [5.41, 5.74) is 0.168. The van der Waals surface area contributed by atoms with Gasteiger partial charge in [-0.15, -0.1) is 0 Å². The first-order chi connectivity index (χ1) is 7.16. The van der Waals surface area contributed by atoms with E-state index >= 15 is 0 Å². The maximum absolute atomic E-state index is 13.3. The number of hydrogen-bond donors (Lipinski definition) is 0. The van der Waals surface area contributed by atoms with Gasteiger partial charge in [0, 0.05) is 19.6 Å². The number of rotatable bonds is 5. The largest absolute Gasteiger partial charge is 0.385 e. The molecule has 0 spiro atoms. The summed E-state index contributed by atoms with van der Waals surface area (Å²) in [6.07, 6.45) is 0.615. The summed E-state index contributed by atoms with van der Waals surface area (Å²) in [5, 5.41) is 0. The molecule has 2 nitrogen and oxygen atoms in total. The van der Waals surface area contributed by atoms with Gasteiger partial charge in [-0.2, -0.15) is 0 Å². The van der Waals surface area contributed by atoms with E-state index < -0.39 is 5.82 Å². The van der Waals surface area contributed by atoms with E-state index in [9.17, 15) is 9.18 Å². The van der Waals surface area contributed by atoms with Crippen LogP contribution >= 0.6 is 0 Å². The lowest BCUT2D eigenvalue weighted by atomic mass is 9.96. The van der Waals surface area contributed by atoms with Crippen molar-refractivity contribution in [1.29, 1.82) is 0 Å². The first kappa shape index (κ1) is 11.9. The molecule has 1 aromatic rings. The number of ether oxygens (including phenoxy) is 1. The lowest BCUT2D eigenvalue weighted by molar-refractivity contribution is 0.0889. The Balaban J connectivity index is 2.72. The average Bonchev–Trinajstić information content (AvgIpc) is 2.25. The molecular weight excluding hydrogens is 195 g/mol. The Morgan fingerprint density at radius 3 is 2.73 bits per heavy atom. The summed E-state index contributed by atoms with van der Waals surface area (Å²) in [5.74, 6) is -0.821. The van der Waals surface area contributed by atoms with E-state index in [1.54, 1.807) is 26.2 Å². The molecule has 1 atom stereocenters. The molecule has 0 amide bonds. The lowest BCUT2D eigenvalue weighted by Gasteiger charge is -2.10. The van der Waals surface area contributed by atoms with Crippen molar-refractivity contribution < 1.29 is 13.9 Å². The Bertz CT molecular complexity index is 336. The van der Waals surface area contributed by atoms with E-state index in [0.717, 1.165) is 0 Å². The van der Waals surface area contributed by atoms with Gasteiger partial charge in [-0.3, -0.25) is 4.79 Å². The maximum atomic E-state index is 13.3. The fourth-order valence-corrected chi connectivity index (χ4v) is 1.35. The maximum Gasteiger partial charge on any atom is 0.168 e. The summed E-state index contributed by atoms with van der Waals surface area (Å²) < 4.78 is 18.2. The number of halogens is 1. The van der Waals surface area contributed by atoms with Crippen molar-refractivity contribution in [2.45, 2.75) is 13.3 Å². The lowest BCUT2D eigenvalue weighted by Crippen LogP contribution is -2.14. The van der Waals surface area contributed by atoms with E-state index in [1.165, 1.54) is 12.1 Å². The minimum Gasteiger partial charge on any atom is -0.385 e. The van der Waals surface area contributed by atoms with Gasteiger partial charge in [0.15, 0.2) is 5.78 Å². The van der Waals surface area contributed by atoms with Crippen LogP contribution in [0.2, 0.25) is 0 Å². The van der Waals surface area contributed by atoms with Crippen molar-refractivity contribution >= 4 is 5.78 Å². The number of carbonyl (C=O) groups excluding carboxylic acids is 1. The third-order valence-corrected chi connectivity index (χ3v) is 2.34. The van der Waals surface area contributed by atoms with E-state index in [-0.39, 0.29) is 17.3 Å². The normalized spacial score (nSPS) is 12.5. The minimum atomic E-state index is -0.452. The van der Waals surface area contributed by atoms with E-state index in [1.807, 2.05) is 0 Å². The van der Waals surface area contributed by atoms with Crippen LogP contribution in [0.4, 0.5) is 4.39 Å². The molecule has 1 rings (SSSR count). The first-order valence-electron chi connectivity index (χ1n) is 4.94. The summed E-state index contributed by atoms with van der Waals surface area (Å²) in [6.45, 7) is 2.30. The van der Waals surface area contributed by atoms with Gasteiger partial charge >= 0.3 is 0 Å². The van der Waals surface area contributed by atoms with Crippen LogP contribution in [0.1, 0.15) is 23.7 Å². The highest BCUT2D eigenvalue weighted by molar-refractivity contribution is 5.97. The van der Waals surface area contributed by atoms with E-state index in [4.69, 9.17) is 4.74 Å². The molecule has 0 saturated carbocycles. The van der Waals surface area contributed by atoms with Gasteiger partial charge in [-0.05, 0) is 18.6 Å². The molecule has 15 heavy (non-hydrogen) atoms. The summed E-state index contributed by atoms with van der Waals surface area (Å²) in [7, 11) is 1.58. The molecule has 0 bridgehead atoms. The molecule has 0 aromatic heterocycles. The molecule has 1 unspecified atom stereocenters. The first-order valence-corrected chi connectivity index (χ1v) is 4.94. The Kier molecular flexibility index (Phi) is 4.43. The molecule has 0 radical (unpaired) electrons. The van der Waals surface area contributed by atoms with Crippen LogP contribution in [0.15, 0.2) is 24.3 Å². The quantitative estimate of drug-likeness (QED) is 0.698. The van der Waals surface area contributed by atoms with Crippen molar-refractivity contribution in [3.05, 3.63) is 35.6 Å². The summed E-state index contributed by atoms with van der Waals surface area (Å²) in [4.78, 5) is 11.8. The van der Waals surface area contributed by atoms with Crippen molar-refractivity contribution in [2.75, 3.05) is 13.7 Å². The molecular formula is C12H15FO2. The monoisotopic (exact) mass is 210 g/mol. The number of methoxy groups -OCH3 is 1. The zero-order chi connectivity index (χ0) is 11.3. The molecule has 82 valence electrons. The number of benzene rings is 1. The fourth-order valence-electron chi connectivity index (χ4n) is 1.35. The van der Waals surface area contributed by atoms with Crippen LogP contribution in [0.3, 0.4) is 0 Å². The standard InChI is InChI=1S/C12H15FO2/c1-9(7-8-15-2)12(14)10-5-3-4-6-11(10)13/h3-6,9H,7-8H2,1-2H3. The second-order valence-electron chi connectivity index (χ2n) is 3.53. The molecule has 0 heterocycles. The van der Waals surface area contributed by atoms with Crippen LogP contribution in [0, 0.1) is 11.7 Å². The van der Waals surface area contributed by atoms with Crippen molar-refractivity contribution in [1.82, 2.24) is 0 Å². The summed E-state index contributed by atoms with van der Waals surface area (Å²) in [6, 6.07) is 6.06. The highest BCUT2D eigenvalue weighted by Crippen LogP contribution is 2.15. The van der Waals surface area contributed by atoms with Gasteiger partial charge < -0.3 is 4.74 Å². The Morgan fingerprint density at radius 1 is 1.47 bits per heavy atom. The van der Waals surface area contributed by atoms with Crippen LogP contribution < -0.4 is 0 Å². The molecule has 0 fully saturated rings.